The summed E-state index contributed by atoms with van der Waals surface area (Å²) in [6.45, 7) is 3.70. The Balaban J connectivity index is 1.88. The number of anilines is 1. The number of benzene rings is 1. The molecule has 0 atom stereocenters. The van der Waals surface area contributed by atoms with E-state index in [1.54, 1.807) is 18.2 Å². The summed E-state index contributed by atoms with van der Waals surface area (Å²) in [5, 5.41) is 4.86. The van der Waals surface area contributed by atoms with Crippen LogP contribution in [0, 0.1) is 5.92 Å². The van der Waals surface area contributed by atoms with Crippen molar-refractivity contribution in [3.63, 3.8) is 0 Å². The van der Waals surface area contributed by atoms with Gasteiger partial charge in [0.15, 0.2) is 5.11 Å². The number of hydrogen-bond acceptors (Lipinski definition) is 3. The molecule has 1 aliphatic heterocycles. The fraction of sp³-hybridized carbons (Fsp3) is 0.467. The van der Waals surface area contributed by atoms with Gasteiger partial charge in [-0.05, 0) is 50.2 Å². The van der Waals surface area contributed by atoms with E-state index >= 15 is 0 Å². The molecule has 1 aromatic carbocycles. The van der Waals surface area contributed by atoms with Crippen LogP contribution in [0.2, 0.25) is 10.0 Å². The number of piperidine rings is 1. The van der Waals surface area contributed by atoms with E-state index in [2.05, 4.69) is 5.32 Å². The van der Waals surface area contributed by atoms with Crippen molar-refractivity contribution in [3.05, 3.63) is 28.2 Å². The van der Waals surface area contributed by atoms with Gasteiger partial charge in [-0.25, -0.2) is 0 Å². The zero-order valence-electron chi connectivity index (χ0n) is 12.3. The summed E-state index contributed by atoms with van der Waals surface area (Å²) in [7, 11) is 0. The number of rotatable bonds is 3. The van der Waals surface area contributed by atoms with E-state index in [9.17, 15) is 4.79 Å². The molecule has 0 unspecified atom stereocenters. The molecular weight excluding hydrogens is 343 g/mol. The van der Waals surface area contributed by atoms with Gasteiger partial charge in [0.05, 0.1) is 12.5 Å². The monoisotopic (exact) mass is 360 g/mol. The van der Waals surface area contributed by atoms with Crippen LogP contribution >= 0.6 is 35.4 Å². The van der Waals surface area contributed by atoms with Gasteiger partial charge >= 0.3 is 5.97 Å². The number of nitrogens with one attached hydrogen (secondary N) is 1. The van der Waals surface area contributed by atoms with Crippen LogP contribution in [0.4, 0.5) is 5.69 Å². The number of halogens is 2. The molecule has 120 valence electrons. The summed E-state index contributed by atoms with van der Waals surface area (Å²) < 4.78 is 5.06. The fourth-order valence-corrected chi connectivity index (χ4v) is 3.23. The lowest BCUT2D eigenvalue weighted by Gasteiger charge is -2.32. The molecule has 1 aliphatic rings. The van der Waals surface area contributed by atoms with E-state index in [1.165, 1.54) is 0 Å². The third kappa shape index (κ3) is 4.73. The van der Waals surface area contributed by atoms with Crippen LogP contribution in [0.15, 0.2) is 18.2 Å². The molecular formula is C15H18Cl2N2O2S. The van der Waals surface area contributed by atoms with Crippen molar-refractivity contribution in [2.75, 3.05) is 25.0 Å². The van der Waals surface area contributed by atoms with Gasteiger partial charge in [0, 0.05) is 28.8 Å². The smallest absolute Gasteiger partial charge is 0.309 e. The molecule has 0 spiro atoms. The van der Waals surface area contributed by atoms with E-state index in [1.807, 2.05) is 11.8 Å². The Morgan fingerprint density at radius 2 is 1.91 bits per heavy atom. The normalized spacial score (nSPS) is 15.5. The standard InChI is InChI=1S/C15H18Cl2N2O2S/c1-2-21-14(20)10-3-5-19(6-4-10)15(22)18-13-8-11(16)7-12(17)9-13/h7-10H,2-6H2,1H3,(H,18,22). The Hall–Kier alpha value is -1.04. The first-order valence-corrected chi connectivity index (χ1v) is 8.34. The van der Waals surface area contributed by atoms with Crippen molar-refractivity contribution in [1.29, 1.82) is 0 Å². The van der Waals surface area contributed by atoms with Crippen LogP contribution in [0.3, 0.4) is 0 Å². The van der Waals surface area contributed by atoms with Gasteiger partial charge < -0.3 is 15.0 Å². The number of carbonyl (C=O) groups is 1. The molecule has 0 radical (unpaired) electrons. The molecule has 0 bridgehead atoms. The minimum atomic E-state index is -0.109. The van der Waals surface area contributed by atoms with E-state index in [0.717, 1.165) is 31.6 Å². The lowest BCUT2D eigenvalue weighted by atomic mass is 9.97. The zero-order valence-corrected chi connectivity index (χ0v) is 14.6. The highest BCUT2D eigenvalue weighted by molar-refractivity contribution is 7.80. The molecule has 4 nitrogen and oxygen atoms in total. The fourth-order valence-electron chi connectivity index (χ4n) is 2.41. The van der Waals surface area contributed by atoms with Gasteiger partial charge in [-0.15, -0.1) is 0 Å². The molecule has 1 fully saturated rings. The molecule has 22 heavy (non-hydrogen) atoms. The number of hydrogen-bond donors (Lipinski definition) is 1. The molecule has 1 heterocycles. The second kappa shape index (κ2) is 7.99. The number of ether oxygens (including phenoxy) is 1. The maximum atomic E-state index is 11.7. The molecule has 0 aliphatic carbocycles. The third-order valence-electron chi connectivity index (χ3n) is 3.52. The Morgan fingerprint density at radius 1 is 1.32 bits per heavy atom. The Bertz CT molecular complexity index is 540. The summed E-state index contributed by atoms with van der Waals surface area (Å²) in [4.78, 5) is 13.8. The Labute approximate surface area is 145 Å². The number of esters is 1. The van der Waals surface area contributed by atoms with Crippen molar-refractivity contribution < 1.29 is 9.53 Å². The van der Waals surface area contributed by atoms with E-state index in [-0.39, 0.29) is 11.9 Å². The maximum absolute atomic E-state index is 11.7. The SMILES string of the molecule is CCOC(=O)C1CCN(C(=S)Nc2cc(Cl)cc(Cl)c2)CC1. The lowest BCUT2D eigenvalue weighted by molar-refractivity contribution is -0.149. The third-order valence-corrected chi connectivity index (χ3v) is 4.31. The predicted molar refractivity (Wildman–Crippen MR) is 93.6 cm³/mol. The average molecular weight is 361 g/mol. The first-order chi connectivity index (χ1) is 10.5. The Kier molecular flexibility index (Phi) is 6.29. The number of likely N-dealkylation sites (tertiary alicyclic amines) is 1. The summed E-state index contributed by atoms with van der Waals surface area (Å²) >= 11 is 17.4. The zero-order chi connectivity index (χ0) is 16.1. The summed E-state index contributed by atoms with van der Waals surface area (Å²) in [5.41, 5.74) is 0.759. The number of thiocarbonyl (C=S) groups is 1. The largest absolute Gasteiger partial charge is 0.466 e. The molecule has 1 aromatic rings. The Morgan fingerprint density at radius 3 is 2.45 bits per heavy atom. The maximum Gasteiger partial charge on any atom is 0.309 e. The second-order valence-corrected chi connectivity index (χ2v) is 6.36. The molecule has 0 saturated carbocycles. The quantitative estimate of drug-likeness (QED) is 0.652. The lowest BCUT2D eigenvalue weighted by Crippen LogP contribution is -2.42. The molecule has 0 aromatic heterocycles. The molecule has 2 rings (SSSR count). The number of nitrogens with zero attached hydrogens (tertiary/aromatic N) is 1. The highest BCUT2D eigenvalue weighted by Crippen LogP contribution is 2.24. The van der Waals surface area contributed by atoms with Gasteiger partial charge in [0.1, 0.15) is 0 Å². The van der Waals surface area contributed by atoms with Crippen molar-refractivity contribution in [3.8, 4) is 0 Å². The van der Waals surface area contributed by atoms with Crippen LogP contribution in [0.1, 0.15) is 19.8 Å². The van der Waals surface area contributed by atoms with Crippen LogP contribution in [-0.2, 0) is 9.53 Å². The summed E-state index contributed by atoms with van der Waals surface area (Å²) in [6.07, 6.45) is 1.49. The van der Waals surface area contributed by atoms with Gasteiger partial charge in [-0.1, -0.05) is 23.2 Å². The van der Waals surface area contributed by atoms with E-state index in [4.69, 9.17) is 40.2 Å². The topological polar surface area (TPSA) is 41.6 Å². The highest BCUT2D eigenvalue weighted by atomic mass is 35.5. The second-order valence-electron chi connectivity index (χ2n) is 5.10. The van der Waals surface area contributed by atoms with Gasteiger partial charge in [0.2, 0.25) is 0 Å². The van der Waals surface area contributed by atoms with E-state index in [0.29, 0.717) is 21.8 Å². The van der Waals surface area contributed by atoms with Gasteiger partial charge in [-0.3, -0.25) is 4.79 Å². The summed E-state index contributed by atoms with van der Waals surface area (Å²) in [6, 6.07) is 5.21. The van der Waals surface area contributed by atoms with E-state index < -0.39 is 0 Å². The van der Waals surface area contributed by atoms with Crippen molar-refractivity contribution in [2.24, 2.45) is 5.92 Å². The molecule has 1 saturated heterocycles. The molecule has 0 amide bonds. The minimum absolute atomic E-state index is 0.0281. The van der Waals surface area contributed by atoms with Crippen molar-refractivity contribution in [1.82, 2.24) is 4.90 Å². The van der Waals surface area contributed by atoms with Gasteiger partial charge in [-0.2, -0.15) is 0 Å². The van der Waals surface area contributed by atoms with Crippen LogP contribution in [-0.4, -0.2) is 35.7 Å². The highest BCUT2D eigenvalue weighted by Gasteiger charge is 2.27. The predicted octanol–water partition coefficient (Wildman–Crippen LogP) is 3.97. The van der Waals surface area contributed by atoms with Crippen molar-refractivity contribution >= 4 is 52.2 Å². The molecule has 1 N–H and O–H groups in total. The first-order valence-electron chi connectivity index (χ1n) is 7.18. The van der Waals surface area contributed by atoms with Crippen molar-refractivity contribution in [2.45, 2.75) is 19.8 Å². The van der Waals surface area contributed by atoms with Gasteiger partial charge in [0.25, 0.3) is 0 Å². The van der Waals surface area contributed by atoms with Crippen LogP contribution in [0.25, 0.3) is 0 Å². The van der Waals surface area contributed by atoms with Crippen LogP contribution in [0.5, 0.6) is 0 Å². The number of carbonyl (C=O) groups excluding carboxylic acids is 1. The minimum Gasteiger partial charge on any atom is -0.466 e. The molecule has 7 heteroatoms. The summed E-state index contributed by atoms with van der Waals surface area (Å²) in [5.74, 6) is -0.137. The first kappa shape index (κ1) is 17.3. The van der Waals surface area contributed by atoms with Crippen LogP contribution < -0.4 is 5.32 Å². The average Bonchev–Trinajstić information content (AvgIpc) is 2.46.